The highest BCUT2D eigenvalue weighted by atomic mass is 19.1. The Hall–Kier alpha value is -2.89. The SMILES string of the molecule is CCC(CC(=O)NCC(C(=O)O)c1ccc(F)cc1)c1ccc(OC)cc1. The molecule has 0 saturated heterocycles. The highest BCUT2D eigenvalue weighted by Gasteiger charge is 2.22. The van der Waals surface area contributed by atoms with Crippen LogP contribution < -0.4 is 10.1 Å². The summed E-state index contributed by atoms with van der Waals surface area (Å²) in [5, 5.41) is 12.1. The van der Waals surface area contributed by atoms with E-state index in [2.05, 4.69) is 5.32 Å². The smallest absolute Gasteiger partial charge is 0.312 e. The van der Waals surface area contributed by atoms with Crippen LogP contribution in [-0.2, 0) is 9.59 Å². The van der Waals surface area contributed by atoms with Gasteiger partial charge < -0.3 is 15.2 Å². The van der Waals surface area contributed by atoms with Crippen LogP contribution in [0.5, 0.6) is 5.75 Å². The first kappa shape index (κ1) is 20.4. The minimum Gasteiger partial charge on any atom is -0.497 e. The standard InChI is InChI=1S/C21H24FNO4/c1-3-14(15-6-10-18(27-2)11-7-15)12-20(24)23-13-19(21(25)26)16-4-8-17(22)9-5-16/h4-11,14,19H,3,12-13H2,1-2H3,(H,23,24)(H,25,26). The van der Waals surface area contributed by atoms with Gasteiger partial charge >= 0.3 is 5.97 Å². The lowest BCUT2D eigenvalue weighted by atomic mass is 9.92. The van der Waals surface area contributed by atoms with Gasteiger partial charge in [0, 0.05) is 13.0 Å². The third-order valence-electron chi connectivity index (χ3n) is 4.59. The van der Waals surface area contributed by atoms with Gasteiger partial charge in [0.2, 0.25) is 5.91 Å². The largest absolute Gasteiger partial charge is 0.497 e. The normalized spacial score (nSPS) is 12.9. The first-order valence-electron chi connectivity index (χ1n) is 8.83. The molecule has 0 bridgehead atoms. The average Bonchev–Trinajstić information content (AvgIpc) is 2.67. The van der Waals surface area contributed by atoms with Gasteiger partial charge in [0.15, 0.2) is 0 Å². The Labute approximate surface area is 158 Å². The summed E-state index contributed by atoms with van der Waals surface area (Å²) in [6, 6.07) is 12.8. The molecule has 2 rings (SSSR count). The number of carbonyl (C=O) groups excluding carboxylic acids is 1. The molecular formula is C21H24FNO4. The average molecular weight is 373 g/mol. The number of carbonyl (C=O) groups is 2. The summed E-state index contributed by atoms with van der Waals surface area (Å²) >= 11 is 0. The molecular weight excluding hydrogens is 349 g/mol. The lowest BCUT2D eigenvalue weighted by Crippen LogP contribution is -2.32. The lowest BCUT2D eigenvalue weighted by Gasteiger charge is -2.18. The maximum atomic E-state index is 13.0. The molecule has 144 valence electrons. The van der Waals surface area contributed by atoms with E-state index >= 15 is 0 Å². The van der Waals surface area contributed by atoms with Crippen LogP contribution in [-0.4, -0.2) is 30.6 Å². The minimum absolute atomic E-state index is 0.0324. The van der Waals surface area contributed by atoms with Gasteiger partial charge in [0.25, 0.3) is 0 Å². The summed E-state index contributed by atoms with van der Waals surface area (Å²) in [5.41, 5.74) is 1.48. The number of nitrogens with one attached hydrogen (secondary N) is 1. The zero-order chi connectivity index (χ0) is 19.8. The summed E-state index contributed by atoms with van der Waals surface area (Å²) in [4.78, 5) is 23.8. The predicted molar refractivity (Wildman–Crippen MR) is 100 cm³/mol. The summed E-state index contributed by atoms with van der Waals surface area (Å²) in [7, 11) is 1.60. The summed E-state index contributed by atoms with van der Waals surface area (Å²) in [5.74, 6) is -1.85. The van der Waals surface area contributed by atoms with Crippen molar-refractivity contribution < 1.29 is 23.8 Å². The van der Waals surface area contributed by atoms with E-state index in [-0.39, 0.29) is 24.8 Å². The fourth-order valence-electron chi connectivity index (χ4n) is 2.93. The number of benzene rings is 2. The number of ether oxygens (including phenoxy) is 1. The van der Waals surface area contributed by atoms with Gasteiger partial charge in [0.05, 0.1) is 13.0 Å². The topological polar surface area (TPSA) is 75.6 Å². The van der Waals surface area contributed by atoms with Crippen LogP contribution in [0.1, 0.15) is 42.7 Å². The van der Waals surface area contributed by atoms with E-state index in [1.807, 2.05) is 31.2 Å². The molecule has 6 heteroatoms. The van der Waals surface area contributed by atoms with Gasteiger partial charge in [-0.3, -0.25) is 9.59 Å². The third-order valence-corrected chi connectivity index (χ3v) is 4.59. The van der Waals surface area contributed by atoms with Crippen LogP contribution in [0.25, 0.3) is 0 Å². The van der Waals surface area contributed by atoms with Gasteiger partial charge in [-0.2, -0.15) is 0 Å². The summed E-state index contributed by atoms with van der Waals surface area (Å²) < 4.78 is 18.2. The number of carboxylic acid groups (broad SMARTS) is 1. The molecule has 0 aromatic heterocycles. The molecule has 2 unspecified atom stereocenters. The van der Waals surface area contributed by atoms with Crippen LogP contribution in [0, 0.1) is 5.82 Å². The van der Waals surface area contributed by atoms with Gasteiger partial charge in [0.1, 0.15) is 11.6 Å². The van der Waals surface area contributed by atoms with E-state index in [1.54, 1.807) is 7.11 Å². The van der Waals surface area contributed by atoms with Crippen molar-refractivity contribution in [3.8, 4) is 5.75 Å². The van der Waals surface area contributed by atoms with Crippen molar-refractivity contribution in [1.29, 1.82) is 0 Å². The molecule has 0 fully saturated rings. The highest BCUT2D eigenvalue weighted by molar-refractivity contribution is 5.80. The molecule has 1 amide bonds. The van der Waals surface area contributed by atoms with Gasteiger partial charge in [-0.05, 0) is 47.7 Å². The minimum atomic E-state index is -1.07. The van der Waals surface area contributed by atoms with Crippen LogP contribution in [0.3, 0.4) is 0 Å². The van der Waals surface area contributed by atoms with Crippen molar-refractivity contribution in [3.63, 3.8) is 0 Å². The lowest BCUT2D eigenvalue weighted by molar-refractivity contribution is -0.138. The quantitative estimate of drug-likeness (QED) is 0.703. The number of rotatable bonds is 9. The van der Waals surface area contributed by atoms with Crippen molar-refractivity contribution in [3.05, 3.63) is 65.5 Å². The number of carboxylic acids is 1. The van der Waals surface area contributed by atoms with Gasteiger partial charge in [-0.15, -0.1) is 0 Å². The second kappa shape index (κ2) is 9.71. The number of methoxy groups -OCH3 is 1. The maximum absolute atomic E-state index is 13.0. The fraction of sp³-hybridized carbons (Fsp3) is 0.333. The Morgan fingerprint density at radius 2 is 1.67 bits per heavy atom. The van der Waals surface area contributed by atoms with Crippen LogP contribution in [0.4, 0.5) is 4.39 Å². The van der Waals surface area contributed by atoms with E-state index < -0.39 is 17.7 Å². The van der Waals surface area contributed by atoms with Crippen molar-refractivity contribution in [2.45, 2.75) is 31.6 Å². The predicted octanol–water partition coefficient (Wildman–Crippen LogP) is 3.70. The van der Waals surface area contributed by atoms with Crippen molar-refractivity contribution in [1.82, 2.24) is 5.32 Å². The molecule has 2 N–H and O–H groups in total. The number of amides is 1. The Morgan fingerprint density at radius 3 is 2.19 bits per heavy atom. The van der Waals surface area contributed by atoms with Crippen molar-refractivity contribution in [2.24, 2.45) is 0 Å². The van der Waals surface area contributed by atoms with Crippen LogP contribution in [0.15, 0.2) is 48.5 Å². The molecule has 27 heavy (non-hydrogen) atoms. The van der Waals surface area contributed by atoms with E-state index in [0.717, 1.165) is 17.7 Å². The van der Waals surface area contributed by atoms with Gasteiger partial charge in [-0.25, -0.2) is 4.39 Å². The third kappa shape index (κ3) is 5.81. The highest BCUT2D eigenvalue weighted by Crippen LogP contribution is 2.25. The Bertz CT molecular complexity index is 759. The number of hydrogen-bond acceptors (Lipinski definition) is 3. The van der Waals surface area contributed by atoms with Crippen LogP contribution in [0.2, 0.25) is 0 Å². The van der Waals surface area contributed by atoms with E-state index in [0.29, 0.717) is 5.56 Å². The molecule has 0 aliphatic carbocycles. The second-order valence-corrected chi connectivity index (χ2v) is 6.33. The first-order valence-corrected chi connectivity index (χ1v) is 8.83. The van der Waals surface area contributed by atoms with Crippen molar-refractivity contribution in [2.75, 3.05) is 13.7 Å². The second-order valence-electron chi connectivity index (χ2n) is 6.33. The molecule has 5 nitrogen and oxygen atoms in total. The number of hydrogen-bond donors (Lipinski definition) is 2. The summed E-state index contributed by atoms with van der Waals surface area (Å²) in [6.07, 6.45) is 1.04. The van der Waals surface area contributed by atoms with Crippen LogP contribution >= 0.6 is 0 Å². The molecule has 0 radical (unpaired) electrons. The zero-order valence-electron chi connectivity index (χ0n) is 15.4. The zero-order valence-corrected chi connectivity index (χ0v) is 15.4. The number of halogens is 1. The molecule has 0 aliphatic heterocycles. The molecule has 2 aromatic rings. The fourth-order valence-corrected chi connectivity index (χ4v) is 2.93. The molecule has 0 spiro atoms. The van der Waals surface area contributed by atoms with Crippen molar-refractivity contribution >= 4 is 11.9 Å². The Morgan fingerprint density at radius 1 is 1.07 bits per heavy atom. The monoisotopic (exact) mass is 373 g/mol. The van der Waals surface area contributed by atoms with Gasteiger partial charge in [-0.1, -0.05) is 31.2 Å². The maximum Gasteiger partial charge on any atom is 0.312 e. The molecule has 0 aliphatic rings. The van der Waals surface area contributed by atoms with E-state index in [9.17, 15) is 19.1 Å². The summed E-state index contributed by atoms with van der Waals surface area (Å²) in [6.45, 7) is 1.96. The molecule has 2 atom stereocenters. The number of aliphatic carboxylic acids is 1. The Kier molecular flexibility index (Phi) is 7.34. The van der Waals surface area contributed by atoms with E-state index in [1.165, 1.54) is 24.3 Å². The molecule has 2 aromatic carbocycles. The van der Waals surface area contributed by atoms with E-state index in [4.69, 9.17) is 4.74 Å². The molecule has 0 saturated carbocycles. The molecule has 0 heterocycles. The Balaban J connectivity index is 1.97. The first-order chi connectivity index (χ1) is 12.9.